The molecule has 1 rings (SSSR count). The van der Waals surface area contributed by atoms with Crippen LogP contribution in [0.25, 0.3) is 0 Å². The number of aryl methyl sites for hydroxylation is 2. The van der Waals surface area contributed by atoms with Crippen LogP contribution in [0.4, 0.5) is 10.2 Å². The smallest absolute Gasteiger partial charge is 0.186 e. The largest absolute Gasteiger partial charge is 0.371 e. The molecule has 3 nitrogen and oxygen atoms in total. The van der Waals surface area contributed by atoms with E-state index in [1.54, 1.807) is 25.7 Å². The molecule has 0 atom stereocenters. The van der Waals surface area contributed by atoms with Gasteiger partial charge in [-0.1, -0.05) is 0 Å². The van der Waals surface area contributed by atoms with Gasteiger partial charge in [-0.3, -0.25) is 0 Å². The van der Waals surface area contributed by atoms with Crippen molar-refractivity contribution in [3.63, 3.8) is 0 Å². The summed E-state index contributed by atoms with van der Waals surface area (Å²) in [6, 6.07) is 0. The summed E-state index contributed by atoms with van der Waals surface area (Å²) < 4.78 is 13.3. The van der Waals surface area contributed by atoms with E-state index in [0.717, 1.165) is 12.2 Å². The number of nitrogens with one attached hydrogen (secondary N) is 1. The quantitative estimate of drug-likeness (QED) is 0.832. The summed E-state index contributed by atoms with van der Waals surface area (Å²) in [6.45, 7) is 1.65. The lowest BCUT2D eigenvalue weighted by Gasteiger charge is -2.06. The fraction of sp³-hybridized carbons (Fsp3) is 0.556. The third kappa shape index (κ3) is 2.57. The first kappa shape index (κ1) is 11.2. The monoisotopic (exact) mass is 215 g/mol. The molecule has 0 saturated heterocycles. The van der Waals surface area contributed by atoms with Gasteiger partial charge in [-0.15, -0.1) is 0 Å². The van der Waals surface area contributed by atoms with Gasteiger partial charge >= 0.3 is 0 Å². The Kier molecular flexibility index (Phi) is 4.13. The van der Waals surface area contributed by atoms with Gasteiger partial charge in [0.15, 0.2) is 11.6 Å². The second kappa shape index (κ2) is 5.14. The van der Waals surface area contributed by atoms with Crippen molar-refractivity contribution in [3.05, 3.63) is 17.3 Å². The number of thioether (sulfide) groups is 1. The Balaban J connectivity index is 2.91. The molecule has 0 saturated carbocycles. The van der Waals surface area contributed by atoms with Crippen molar-refractivity contribution < 1.29 is 4.39 Å². The summed E-state index contributed by atoms with van der Waals surface area (Å²) in [5.41, 5.74) is 0.403. The molecule has 0 bridgehead atoms. The lowest BCUT2D eigenvalue weighted by molar-refractivity contribution is 0.601. The molecule has 0 aliphatic heterocycles. The number of aromatic nitrogens is 2. The van der Waals surface area contributed by atoms with Gasteiger partial charge in [0.2, 0.25) is 0 Å². The van der Waals surface area contributed by atoms with E-state index in [0.29, 0.717) is 11.5 Å². The van der Waals surface area contributed by atoms with Crippen molar-refractivity contribution in [1.82, 2.24) is 9.97 Å². The number of halogens is 1. The zero-order valence-corrected chi connectivity index (χ0v) is 9.41. The van der Waals surface area contributed by atoms with Gasteiger partial charge in [0, 0.05) is 19.2 Å². The van der Waals surface area contributed by atoms with E-state index < -0.39 is 0 Å². The highest BCUT2D eigenvalue weighted by Crippen LogP contribution is 2.13. The van der Waals surface area contributed by atoms with Crippen LogP contribution in [0.2, 0.25) is 0 Å². The van der Waals surface area contributed by atoms with Crippen molar-refractivity contribution in [2.45, 2.75) is 13.3 Å². The van der Waals surface area contributed by atoms with E-state index in [4.69, 9.17) is 0 Å². The molecule has 0 aromatic carbocycles. The van der Waals surface area contributed by atoms with E-state index >= 15 is 0 Å². The third-order valence-corrected chi connectivity index (χ3v) is 2.44. The summed E-state index contributed by atoms with van der Waals surface area (Å²) in [7, 11) is 1.66. The van der Waals surface area contributed by atoms with Gasteiger partial charge in [0.1, 0.15) is 5.82 Å². The minimum absolute atomic E-state index is 0.286. The Hall–Kier alpha value is -0.840. The first-order valence-corrected chi connectivity index (χ1v) is 5.78. The van der Waals surface area contributed by atoms with Crippen LogP contribution in [0.15, 0.2) is 0 Å². The summed E-state index contributed by atoms with van der Waals surface area (Å²) in [6.07, 6.45) is 2.80. The fourth-order valence-electron chi connectivity index (χ4n) is 1.09. The second-order valence-corrected chi connectivity index (χ2v) is 3.87. The molecule has 1 aromatic heterocycles. The minimum atomic E-state index is -0.361. The van der Waals surface area contributed by atoms with Crippen molar-refractivity contribution in [1.29, 1.82) is 0 Å². The fourth-order valence-corrected chi connectivity index (χ4v) is 1.47. The molecular formula is C9H14FN3S. The molecule has 1 aromatic rings. The molecule has 1 heterocycles. The summed E-state index contributed by atoms with van der Waals surface area (Å²) in [5.74, 6) is 1.57. The average molecular weight is 215 g/mol. The Labute approximate surface area is 87.5 Å². The highest BCUT2D eigenvalue weighted by atomic mass is 32.2. The molecule has 0 aliphatic carbocycles. The predicted octanol–water partition coefficient (Wildman–Crippen LogP) is 1.87. The van der Waals surface area contributed by atoms with Crippen LogP contribution in [-0.4, -0.2) is 29.0 Å². The van der Waals surface area contributed by atoms with Crippen LogP contribution >= 0.6 is 11.8 Å². The standard InChI is InChI=1S/C9H14FN3S/c1-6-8(10)9(11-2)13-7(12-6)4-5-14-3/h4-5H2,1-3H3,(H,11,12,13). The molecule has 0 aliphatic rings. The van der Waals surface area contributed by atoms with Gasteiger partial charge < -0.3 is 5.32 Å². The minimum Gasteiger partial charge on any atom is -0.371 e. The van der Waals surface area contributed by atoms with Crippen molar-refractivity contribution >= 4 is 17.6 Å². The maximum Gasteiger partial charge on any atom is 0.186 e. The highest BCUT2D eigenvalue weighted by Gasteiger charge is 2.09. The van der Waals surface area contributed by atoms with E-state index in [1.165, 1.54) is 0 Å². The molecule has 78 valence electrons. The maximum atomic E-state index is 13.3. The molecule has 14 heavy (non-hydrogen) atoms. The molecule has 1 N–H and O–H groups in total. The zero-order chi connectivity index (χ0) is 10.6. The third-order valence-electron chi connectivity index (χ3n) is 1.83. The summed E-state index contributed by atoms with van der Waals surface area (Å²) >= 11 is 1.73. The van der Waals surface area contributed by atoms with Gasteiger partial charge in [0.05, 0.1) is 5.69 Å². The van der Waals surface area contributed by atoms with Crippen LogP contribution in [0, 0.1) is 12.7 Å². The van der Waals surface area contributed by atoms with E-state index in [9.17, 15) is 4.39 Å². The first-order valence-electron chi connectivity index (χ1n) is 4.38. The van der Waals surface area contributed by atoms with Gasteiger partial charge in [-0.25, -0.2) is 14.4 Å². The van der Waals surface area contributed by atoms with Gasteiger partial charge in [-0.05, 0) is 13.2 Å². The molecule has 0 amide bonds. The Morgan fingerprint density at radius 3 is 2.71 bits per heavy atom. The molecule has 0 spiro atoms. The van der Waals surface area contributed by atoms with E-state index in [-0.39, 0.29) is 11.6 Å². The molecule has 0 radical (unpaired) electrons. The van der Waals surface area contributed by atoms with Gasteiger partial charge in [-0.2, -0.15) is 11.8 Å². The van der Waals surface area contributed by atoms with Crippen LogP contribution in [0.1, 0.15) is 11.5 Å². The van der Waals surface area contributed by atoms with Crippen molar-refractivity contribution in [3.8, 4) is 0 Å². The van der Waals surface area contributed by atoms with E-state index in [2.05, 4.69) is 15.3 Å². The number of anilines is 1. The van der Waals surface area contributed by atoms with Crippen LogP contribution < -0.4 is 5.32 Å². The first-order chi connectivity index (χ1) is 6.69. The SMILES string of the molecule is CNc1nc(CCSC)nc(C)c1F. The van der Waals surface area contributed by atoms with Crippen molar-refractivity contribution in [2.75, 3.05) is 24.4 Å². The number of rotatable bonds is 4. The predicted molar refractivity (Wildman–Crippen MR) is 58.4 cm³/mol. The van der Waals surface area contributed by atoms with Gasteiger partial charge in [0.25, 0.3) is 0 Å². The molecular weight excluding hydrogens is 201 g/mol. The van der Waals surface area contributed by atoms with Crippen LogP contribution in [0.5, 0.6) is 0 Å². The maximum absolute atomic E-state index is 13.3. The topological polar surface area (TPSA) is 37.8 Å². The Morgan fingerprint density at radius 2 is 2.14 bits per heavy atom. The van der Waals surface area contributed by atoms with Crippen LogP contribution in [0.3, 0.4) is 0 Å². The highest BCUT2D eigenvalue weighted by molar-refractivity contribution is 7.98. The average Bonchev–Trinajstić information content (AvgIpc) is 2.19. The number of hydrogen-bond donors (Lipinski definition) is 1. The van der Waals surface area contributed by atoms with Crippen molar-refractivity contribution in [2.24, 2.45) is 0 Å². The number of nitrogens with zero attached hydrogens (tertiary/aromatic N) is 2. The van der Waals surface area contributed by atoms with Crippen LogP contribution in [-0.2, 0) is 6.42 Å². The second-order valence-electron chi connectivity index (χ2n) is 2.88. The summed E-state index contributed by atoms with van der Waals surface area (Å²) in [4.78, 5) is 8.16. The Bertz CT molecular complexity index is 317. The molecule has 5 heteroatoms. The molecule has 0 unspecified atom stereocenters. The normalized spacial score (nSPS) is 10.3. The van der Waals surface area contributed by atoms with E-state index in [1.807, 2.05) is 6.26 Å². The Morgan fingerprint density at radius 1 is 1.43 bits per heavy atom. The molecule has 0 fully saturated rings. The summed E-state index contributed by atoms with van der Waals surface area (Å²) in [5, 5.41) is 2.72. The number of hydrogen-bond acceptors (Lipinski definition) is 4. The lowest BCUT2D eigenvalue weighted by atomic mass is 10.3. The lowest BCUT2D eigenvalue weighted by Crippen LogP contribution is -2.06. The zero-order valence-electron chi connectivity index (χ0n) is 8.59.